The Kier molecular flexibility index (Phi) is 6.17. The van der Waals surface area contributed by atoms with Gasteiger partial charge in [-0.3, -0.25) is 4.98 Å². The van der Waals surface area contributed by atoms with Gasteiger partial charge in [-0.1, -0.05) is 78.4 Å². The lowest BCUT2D eigenvalue weighted by Gasteiger charge is -2.11. The number of hydrogen-bond acceptors (Lipinski definition) is 4. The Hall–Kier alpha value is -4.77. The van der Waals surface area contributed by atoms with E-state index < -0.39 is 0 Å². The van der Waals surface area contributed by atoms with Gasteiger partial charge in [-0.05, 0) is 36.6 Å². The van der Waals surface area contributed by atoms with E-state index in [0.717, 1.165) is 52.2 Å². The number of aromatic nitrogens is 4. The minimum absolute atomic E-state index is 0.688. The Morgan fingerprint density at radius 3 is 2.38 bits per heavy atom. The van der Waals surface area contributed by atoms with Crippen LogP contribution in [0.4, 0.5) is 5.82 Å². The van der Waals surface area contributed by atoms with Crippen LogP contribution >= 0.6 is 0 Å². The van der Waals surface area contributed by atoms with E-state index in [1.165, 1.54) is 16.5 Å². The van der Waals surface area contributed by atoms with E-state index in [0.29, 0.717) is 5.82 Å². The number of fused-ring (bicyclic) bond motifs is 1. The van der Waals surface area contributed by atoms with Crippen LogP contribution in [0.2, 0.25) is 0 Å². The molecule has 0 aliphatic rings. The molecule has 3 aromatic carbocycles. The number of anilines is 1. The summed E-state index contributed by atoms with van der Waals surface area (Å²) >= 11 is 0. The van der Waals surface area contributed by atoms with Gasteiger partial charge in [-0.15, -0.1) is 0 Å². The SMILES string of the molecule is Cc1ccc(-c2cncc(-c3cc(NCCc4c[nH]c5ccccc45)nc(-c4ccccc4)n3)c2)cc1. The van der Waals surface area contributed by atoms with Crippen molar-refractivity contribution in [3.63, 3.8) is 0 Å². The van der Waals surface area contributed by atoms with Gasteiger partial charge in [0.25, 0.3) is 0 Å². The summed E-state index contributed by atoms with van der Waals surface area (Å²) in [4.78, 5) is 17.7. The highest BCUT2D eigenvalue weighted by Crippen LogP contribution is 2.28. The number of hydrogen-bond donors (Lipinski definition) is 2. The number of pyridine rings is 1. The lowest BCUT2D eigenvalue weighted by Crippen LogP contribution is -2.07. The van der Waals surface area contributed by atoms with Gasteiger partial charge in [-0.25, -0.2) is 9.97 Å². The van der Waals surface area contributed by atoms with Crippen LogP contribution in [0.5, 0.6) is 0 Å². The molecule has 2 N–H and O–H groups in total. The Bertz CT molecular complexity index is 1650. The molecule has 0 radical (unpaired) electrons. The van der Waals surface area contributed by atoms with E-state index >= 15 is 0 Å². The highest BCUT2D eigenvalue weighted by atomic mass is 15.0. The summed E-state index contributed by atoms with van der Waals surface area (Å²) in [6.07, 6.45) is 6.74. The maximum Gasteiger partial charge on any atom is 0.162 e. The maximum atomic E-state index is 4.93. The quantitative estimate of drug-likeness (QED) is 0.251. The van der Waals surface area contributed by atoms with Gasteiger partial charge in [-0.2, -0.15) is 0 Å². The second kappa shape index (κ2) is 10.1. The largest absolute Gasteiger partial charge is 0.370 e. The normalized spacial score (nSPS) is 11.1. The van der Waals surface area contributed by atoms with Gasteiger partial charge < -0.3 is 10.3 Å². The third-order valence-corrected chi connectivity index (χ3v) is 6.55. The summed E-state index contributed by atoms with van der Waals surface area (Å²) in [6.45, 7) is 2.85. The fraction of sp³-hybridized carbons (Fsp3) is 0.0938. The summed E-state index contributed by atoms with van der Waals surface area (Å²) in [5, 5.41) is 4.80. The Balaban J connectivity index is 1.32. The predicted octanol–water partition coefficient (Wildman–Crippen LogP) is 7.32. The van der Waals surface area contributed by atoms with Crippen molar-refractivity contribution in [2.45, 2.75) is 13.3 Å². The highest BCUT2D eigenvalue weighted by Gasteiger charge is 2.11. The van der Waals surface area contributed by atoms with Crippen molar-refractivity contribution in [2.24, 2.45) is 0 Å². The standard InChI is InChI=1S/C32H27N5/c1-22-11-13-23(14-12-22)26-17-27(20-33-19-26)30-18-31(37-32(36-30)24-7-3-2-4-8-24)34-16-15-25-21-35-29-10-6-5-9-28(25)29/h2-14,17-21,35H,15-16H2,1H3,(H,34,36,37). The number of benzene rings is 3. The van der Waals surface area contributed by atoms with Crippen molar-refractivity contribution in [3.05, 3.63) is 121 Å². The molecule has 5 heteroatoms. The second-order valence-corrected chi connectivity index (χ2v) is 9.19. The van der Waals surface area contributed by atoms with Crippen molar-refractivity contribution in [1.82, 2.24) is 19.9 Å². The third-order valence-electron chi connectivity index (χ3n) is 6.55. The number of rotatable bonds is 7. The van der Waals surface area contributed by atoms with Crippen LogP contribution in [0.15, 0.2) is 110 Å². The van der Waals surface area contributed by atoms with Crippen LogP contribution in [-0.4, -0.2) is 26.5 Å². The van der Waals surface area contributed by atoms with E-state index in [9.17, 15) is 0 Å². The monoisotopic (exact) mass is 481 g/mol. The molecule has 37 heavy (non-hydrogen) atoms. The van der Waals surface area contributed by atoms with Gasteiger partial charge in [0.15, 0.2) is 5.82 Å². The van der Waals surface area contributed by atoms with Gasteiger partial charge in [0.1, 0.15) is 5.82 Å². The molecule has 0 spiro atoms. The fourth-order valence-electron chi connectivity index (χ4n) is 4.55. The van der Waals surface area contributed by atoms with Crippen LogP contribution in [0.25, 0.3) is 44.7 Å². The first-order chi connectivity index (χ1) is 18.2. The molecule has 0 fully saturated rings. The van der Waals surface area contributed by atoms with Gasteiger partial charge in [0, 0.05) is 58.8 Å². The van der Waals surface area contributed by atoms with E-state index in [-0.39, 0.29) is 0 Å². The van der Waals surface area contributed by atoms with E-state index in [1.54, 1.807) is 0 Å². The van der Waals surface area contributed by atoms with Crippen LogP contribution in [-0.2, 0) is 6.42 Å². The first-order valence-corrected chi connectivity index (χ1v) is 12.5. The molecule has 0 saturated heterocycles. The first kappa shape index (κ1) is 22.7. The van der Waals surface area contributed by atoms with E-state index in [1.807, 2.05) is 48.8 Å². The first-order valence-electron chi connectivity index (χ1n) is 12.5. The number of H-pyrrole nitrogens is 1. The van der Waals surface area contributed by atoms with Crippen LogP contribution < -0.4 is 5.32 Å². The number of para-hydroxylation sites is 1. The van der Waals surface area contributed by atoms with Crippen LogP contribution in [0.3, 0.4) is 0 Å². The minimum Gasteiger partial charge on any atom is -0.370 e. The molecule has 3 heterocycles. The number of nitrogens with zero attached hydrogens (tertiary/aromatic N) is 3. The molecule has 6 rings (SSSR count). The summed E-state index contributed by atoms with van der Waals surface area (Å²) in [5.41, 5.74) is 8.65. The molecule has 0 bridgehead atoms. The van der Waals surface area contributed by atoms with Crippen molar-refractivity contribution >= 4 is 16.7 Å². The second-order valence-electron chi connectivity index (χ2n) is 9.19. The molecule has 0 saturated carbocycles. The van der Waals surface area contributed by atoms with Crippen molar-refractivity contribution in [3.8, 4) is 33.8 Å². The van der Waals surface area contributed by atoms with Crippen LogP contribution in [0.1, 0.15) is 11.1 Å². The van der Waals surface area contributed by atoms with Gasteiger partial charge in [0.05, 0.1) is 5.69 Å². The summed E-state index contributed by atoms with van der Waals surface area (Å²) in [7, 11) is 0. The molecule has 3 aromatic heterocycles. The molecule has 6 aromatic rings. The van der Waals surface area contributed by atoms with Crippen molar-refractivity contribution in [1.29, 1.82) is 0 Å². The molecule has 0 aliphatic carbocycles. The summed E-state index contributed by atoms with van der Waals surface area (Å²) in [5.74, 6) is 1.48. The topological polar surface area (TPSA) is 66.5 Å². The lowest BCUT2D eigenvalue weighted by atomic mass is 10.0. The minimum atomic E-state index is 0.688. The van der Waals surface area contributed by atoms with E-state index in [4.69, 9.17) is 9.97 Å². The maximum absolute atomic E-state index is 4.93. The molecule has 180 valence electrons. The lowest BCUT2D eigenvalue weighted by molar-refractivity contribution is 1.01. The Labute approximate surface area is 216 Å². The number of aryl methyl sites for hydroxylation is 1. The molecule has 0 unspecified atom stereocenters. The average molecular weight is 482 g/mol. The Morgan fingerprint density at radius 1 is 0.730 bits per heavy atom. The zero-order valence-electron chi connectivity index (χ0n) is 20.6. The number of nitrogens with one attached hydrogen (secondary N) is 2. The van der Waals surface area contributed by atoms with Crippen molar-refractivity contribution < 1.29 is 0 Å². The van der Waals surface area contributed by atoms with E-state index in [2.05, 4.69) is 83.0 Å². The third kappa shape index (κ3) is 4.98. The smallest absolute Gasteiger partial charge is 0.162 e. The molecular weight excluding hydrogens is 454 g/mol. The van der Waals surface area contributed by atoms with Gasteiger partial charge in [0.2, 0.25) is 0 Å². The average Bonchev–Trinajstić information content (AvgIpc) is 3.37. The van der Waals surface area contributed by atoms with Gasteiger partial charge >= 0.3 is 0 Å². The Morgan fingerprint density at radius 2 is 1.51 bits per heavy atom. The fourth-order valence-corrected chi connectivity index (χ4v) is 4.55. The highest BCUT2D eigenvalue weighted by molar-refractivity contribution is 5.83. The molecule has 0 aliphatic heterocycles. The predicted molar refractivity (Wildman–Crippen MR) is 151 cm³/mol. The molecular formula is C32H27N5. The molecule has 0 amide bonds. The molecule has 5 nitrogen and oxygen atoms in total. The summed E-state index contributed by atoms with van der Waals surface area (Å²) < 4.78 is 0. The number of aromatic amines is 1. The molecule has 0 atom stereocenters. The summed E-state index contributed by atoms with van der Waals surface area (Å²) in [6, 6.07) is 31.1. The van der Waals surface area contributed by atoms with Crippen LogP contribution in [0, 0.1) is 6.92 Å². The van der Waals surface area contributed by atoms with Crippen molar-refractivity contribution in [2.75, 3.05) is 11.9 Å². The zero-order valence-corrected chi connectivity index (χ0v) is 20.6. The zero-order chi connectivity index (χ0) is 25.0.